The number of aliphatic hydroxyl groups excluding tert-OH is 1. The van der Waals surface area contributed by atoms with E-state index in [1.54, 1.807) is 0 Å². The predicted octanol–water partition coefficient (Wildman–Crippen LogP) is 3.60. The number of nitrogens with one attached hydrogen (secondary N) is 1. The van der Waals surface area contributed by atoms with E-state index in [4.69, 9.17) is 11.6 Å². The van der Waals surface area contributed by atoms with Crippen molar-refractivity contribution in [2.75, 3.05) is 6.54 Å². The minimum Gasteiger partial charge on any atom is -0.392 e. The predicted molar refractivity (Wildman–Crippen MR) is 76.3 cm³/mol. The SMILES string of the molecule is CC(C)CC(O)CNCc1cc(Cl)ccc1Br. The van der Waals surface area contributed by atoms with Gasteiger partial charge in [0, 0.05) is 22.6 Å². The van der Waals surface area contributed by atoms with Gasteiger partial charge in [-0.25, -0.2) is 0 Å². The molecule has 2 nitrogen and oxygen atoms in total. The number of hydrogen-bond acceptors (Lipinski definition) is 2. The van der Waals surface area contributed by atoms with E-state index >= 15 is 0 Å². The molecule has 0 saturated heterocycles. The van der Waals surface area contributed by atoms with E-state index in [1.807, 2.05) is 18.2 Å². The molecule has 1 rings (SSSR count). The van der Waals surface area contributed by atoms with Crippen LogP contribution in [0.2, 0.25) is 5.02 Å². The van der Waals surface area contributed by atoms with E-state index in [0.717, 1.165) is 21.5 Å². The molecular formula is C13H19BrClNO. The van der Waals surface area contributed by atoms with Crippen LogP contribution >= 0.6 is 27.5 Å². The van der Waals surface area contributed by atoms with Gasteiger partial charge in [-0.05, 0) is 36.1 Å². The number of benzene rings is 1. The average molecular weight is 321 g/mol. The van der Waals surface area contributed by atoms with Crippen LogP contribution in [0.1, 0.15) is 25.8 Å². The standard InChI is InChI=1S/C13H19BrClNO/c1-9(2)5-12(17)8-16-7-10-6-11(15)3-4-13(10)14/h3-4,6,9,12,16-17H,5,7-8H2,1-2H3. The second-order valence-electron chi connectivity index (χ2n) is 4.65. The van der Waals surface area contributed by atoms with Crippen LogP contribution in [0, 0.1) is 5.92 Å². The highest BCUT2D eigenvalue weighted by Gasteiger charge is 2.07. The van der Waals surface area contributed by atoms with Crippen LogP contribution in [0.4, 0.5) is 0 Å². The van der Waals surface area contributed by atoms with E-state index in [-0.39, 0.29) is 6.10 Å². The Labute approximate surface area is 117 Å². The zero-order chi connectivity index (χ0) is 12.8. The molecular weight excluding hydrogens is 302 g/mol. The molecule has 0 heterocycles. The van der Waals surface area contributed by atoms with Crippen LogP contribution < -0.4 is 5.32 Å². The summed E-state index contributed by atoms with van der Waals surface area (Å²) in [5, 5.41) is 13.7. The van der Waals surface area contributed by atoms with Crippen molar-refractivity contribution in [3.63, 3.8) is 0 Å². The molecule has 0 amide bonds. The third-order valence-corrected chi connectivity index (χ3v) is 3.46. The Balaban J connectivity index is 2.38. The summed E-state index contributed by atoms with van der Waals surface area (Å²) in [4.78, 5) is 0. The van der Waals surface area contributed by atoms with Gasteiger partial charge >= 0.3 is 0 Å². The van der Waals surface area contributed by atoms with Crippen molar-refractivity contribution in [2.45, 2.75) is 32.9 Å². The lowest BCUT2D eigenvalue weighted by atomic mass is 10.1. The first kappa shape index (κ1) is 15.0. The molecule has 0 bridgehead atoms. The Morgan fingerprint density at radius 2 is 2.12 bits per heavy atom. The fourth-order valence-corrected chi connectivity index (χ4v) is 2.26. The maximum absolute atomic E-state index is 9.72. The maximum Gasteiger partial charge on any atom is 0.0667 e. The summed E-state index contributed by atoms with van der Waals surface area (Å²) in [6, 6.07) is 5.71. The van der Waals surface area contributed by atoms with Gasteiger partial charge in [-0.2, -0.15) is 0 Å². The molecule has 96 valence electrons. The molecule has 0 fully saturated rings. The number of halogens is 2. The van der Waals surface area contributed by atoms with Gasteiger partial charge in [0.1, 0.15) is 0 Å². The molecule has 0 aliphatic carbocycles. The van der Waals surface area contributed by atoms with Crippen molar-refractivity contribution >= 4 is 27.5 Å². The van der Waals surface area contributed by atoms with Crippen LogP contribution in [0.5, 0.6) is 0 Å². The first-order valence-corrected chi connectivity index (χ1v) is 6.99. The highest BCUT2D eigenvalue weighted by molar-refractivity contribution is 9.10. The molecule has 0 aromatic heterocycles. The number of hydrogen-bond donors (Lipinski definition) is 2. The van der Waals surface area contributed by atoms with Gasteiger partial charge in [-0.3, -0.25) is 0 Å². The van der Waals surface area contributed by atoms with E-state index in [0.29, 0.717) is 19.0 Å². The van der Waals surface area contributed by atoms with Crippen molar-refractivity contribution in [2.24, 2.45) is 5.92 Å². The number of aliphatic hydroxyl groups is 1. The summed E-state index contributed by atoms with van der Waals surface area (Å²) in [5.74, 6) is 0.518. The van der Waals surface area contributed by atoms with Crippen LogP contribution in [0.15, 0.2) is 22.7 Å². The van der Waals surface area contributed by atoms with Gasteiger partial charge in [0.05, 0.1) is 6.10 Å². The monoisotopic (exact) mass is 319 g/mol. The zero-order valence-electron chi connectivity index (χ0n) is 10.2. The minimum absolute atomic E-state index is 0.284. The molecule has 1 aromatic rings. The first-order chi connectivity index (χ1) is 7.99. The Hall–Kier alpha value is -0.0900. The van der Waals surface area contributed by atoms with Gasteiger partial charge in [0.25, 0.3) is 0 Å². The van der Waals surface area contributed by atoms with E-state index < -0.39 is 0 Å². The fraction of sp³-hybridized carbons (Fsp3) is 0.538. The summed E-state index contributed by atoms with van der Waals surface area (Å²) in [7, 11) is 0. The third kappa shape index (κ3) is 5.87. The lowest BCUT2D eigenvalue weighted by Gasteiger charge is -2.14. The van der Waals surface area contributed by atoms with Crippen molar-refractivity contribution in [1.29, 1.82) is 0 Å². The number of rotatable bonds is 6. The molecule has 17 heavy (non-hydrogen) atoms. The topological polar surface area (TPSA) is 32.3 Å². The molecule has 1 atom stereocenters. The fourth-order valence-electron chi connectivity index (χ4n) is 1.68. The van der Waals surface area contributed by atoms with E-state index in [9.17, 15) is 5.11 Å². The Kier molecular flexibility index (Phi) is 6.49. The van der Waals surface area contributed by atoms with Crippen LogP contribution in [0.3, 0.4) is 0 Å². The molecule has 0 saturated carbocycles. The molecule has 1 aromatic carbocycles. The maximum atomic E-state index is 9.72. The third-order valence-electron chi connectivity index (χ3n) is 2.45. The Morgan fingerprint density at radius 1 is 1.41 bits per heavy atom. The van der Waals surface area contributed by atoms with Gasteiger partial charge in [-0.1, -0.05) is 41.4 Å². The molecule has 1 unspecified atom stereocenters. The van der Waals surface area contributed by atoms with E-state index in [1.165, 1.54) is 0 Å². The van der Waals surface area contributed by atoms with Crippen LogP contribution in [-0.2, 0) is 6.54 Å². The summed E-state index contributed by atoms with van der Waals surface area (Å²) in [6.45, 7) is 5.53. The van der Waals surface area contributed by atoms with Gasteiger partial charge in [-0.15, -0.1) is 0 Å². The van der Waals surface area contributed by atoms with Crippen molar-refractivity contribution in [1.82, 2.24) is 5.32 Å². The Morgan fingerprint density at radius 3 is 2.76 bits per heavy atom. The average Bonchev–Trinajstić information content (AvgIpc) is 2.22. The highest BCUT2D eigenvalue weighted by Crippen LogP contribution is 2.20. The lowest BCUT2D eigenvalue weighted by molar-refractivity contribution is 0.146. The summed E-state index contributed by atoms with van der Waals surface area (Å²) < 4.78 is 1.03. The molecule has 4 heteroatoms. The van der Waals surface area contributed by atoms with Crippen LogP contribution in [-0.4, -0.2) is 17.8 Å². The van der Waals surface area contributed by atoms with Crippen molar-refractivity contribution < 1.29 is 5.11 Å². The molecule has 0 aliphatic rings. The first-order valence-electron chi connectivity index (χ1n) is 5.81. The second kappa shape index (κ2) is 7.37. The van der Waals surface area contributed by atoms with E-state index in [2.05, 4.69) is 35.1 Å². The molecule has 0 spiro atoms. The van der Waals surface area contributed by atoms with Gasteiger partial charge in [0.15, 0.2) is 0 Å². The van der Waals surface area contributed by atoms with Crippen molar-refractivity contribution in [3.05, 3.63) is 33.3 Å². The Bertz CT molecular complexity index is 357. The quantitative estimate of drug-likeness (QED) is 0.839. The second-order valence-corrected chi connectivity index (χ2v) is 5.94. The van der Waals surface area contributed by atoms with Crippen molar-refractivity contribution in [3.8, 4) is 0 Å². The molecule has 0 aliphatic heterocycles. The largest absolute Gasteiger partial charge is 0.392 e. The molecule has 2 N–H and O–H groups in total. The smallest absolute Gasteiger partial charge is 0.0667 e. The zero-order valence-corrected chi connectivity index (χ0v) is 12.6. The minimum atomic E-state index is -0.284. The summed E-state index contributed by atoms with van der Waals surface area (Å²) >= 11 is 9.41. The highest BCUT2D eigenvalue weighted by atomic mass is 79.9. The van der Waals surface area contributed by atoms with Crippen LogP contribution in [0.25, 0.3) is 0 Å². The van der Waals surface area contributed by atoms with Gasteiger partial charge < -0.3 is 10.4 Å². The summed E-state index contributed by atoms with van der Waals surface area (Å²) in [6.07, 6.45) is 0.539. The summed E-state index contributed by atoms with van der Waals surface area (Å²) in [5.41, 5.74) is 1.11. The van der Waals surface area contributed by atoms with Gasteiger partial charge in [0.2, 0.25) is 0 Å². The normalized spacial score (nSPS) is 13.1. The molecule has 0 radical (unpaired) electrons. The lowest BCUT2D eigenvalue weighted by Crippen LogP contribution is -2.27.